The lowest BCUT2D eigenvalue weighted by Crippen LogP contribution is -2.39. The summed E-state index contributed by atoms with van der Waals surface area (Å²) in [6.45, 7) is 4.49. The number of Topliss-reactive ketones (excluding diaryl/α,β-unsaturated/α-hetero) is 1. The fraction of sp³-hybridized carbons (Fsp3) is 0.600. The Labute approximate surface area is 114 Å². The largest absolute Gasteiger partial charge is 0.489 e. The van der Waals surface area contributed by atoms with Crippen molar-refractivity contribution in [1.29, 1.82) is 0 Å². The van der Waals surface area contributed by atoms with E-state index in [1.54, 1.807) is 18.5 Å². The number of carbonyl (C=O) groups is 1. The van der Waals surface area contributed by atoms with E-state index in [1.807, 2.05) is 13.8 Å². The highest BCUT2D eigenvalue weighted by molar-refractivity contribution is 5.96. The summed E-state index contributed by atoms with van der Waals surface area (Å²) in [4.78, 5) is 16.4. The van der Waals surface area contributed by atoms with Gasteiger partial charge in [-0.1, -0.05) is 6.42 Å². The van der Waals surface area contributed by atoms with Crippen LogP contribution in [-0.4, -0.2) is 23.4 Å². The van der Waals surface area contributed by atoms with Gasteiger partial charge in [0.15, 0.2) is 5.78 Å². The van der Waals surface area contributed by atoms with Gasteiger partial charge in [-0.2, -0.15) is 0 Å². The van der Waals surface area contributed by atoms with Gasteiger partial charge >= 0.3 is 0 Å². The second kappa shape index (κ2) is 5.70. The van der Waals surface area contributed by atoms with Crippen LogP contribution in [0.2, 0.25) is 0 Å². The van der Waals surface area contributed by atoms with E-state index >= 15 is 0 Å². The van der Waals surface area contributed by atoms with Crippen molar-refractivity contribution >= 4 is 5.78 Å². The van der Waals surface area contributed by atoms with Crippen molar-refractivity contribution in [3.05, 3.63) is 24.0 Å². The molecule has 0 bridgehead atoms. The zero-order valence-corrected chi connectivity index (χ0v) is 11.7. The van der Waals surface area contributed by atoms with Crippen LogP contribution in [0.15, 0.2) is 18.5 Å². The van der Waals surface area contributed by atoms with Crippen LogP contribution in [0.5, 0.6) is 5.75 Å². The number of nitrogens with two attached hydrogens (primary N) is 1. The van der Waals surface area contributed by atoms with E-state index in [0.717, 1.165) is 12.8 Å². The van der Waals surface area contributed by atoms with Crippen LogP contribution in [0, 0.1) is 5.41 Å². The second-order valence-corrected chi connectivity index (χ2v) is 5.73. The maximum absolute atomic E-state index is 12.3. The maximum atomic E-state index is 12.3. The first-order valence-corrected chi connectivity index (χ1v) is 6.90. The minimum absolute atomic E-state index is 0.0337. The van der Waals surface area contributed by atoms with Crippen molar-refractivity contribution in [2.24, 2.45) is 11.1 Å². The number of pyridine rings is 1. The molecule has 1 aromatic rings. The summed E-state index contributed by atoms with van der Waals surface area (Å²) in [5, 5.41) is 0. The molecule has 2 N–H and O–H groups in total. The molecule has 1 aliphatic rings. The average Bonchev–Trinajstić information content (AvgIpc) is 2.33. The Kier molecular flexibility index (Phi) is 4.20. The number of hydrogen-bond donors (Lipinski definition) is 1. The predicted molar refractivity (Wildman–Crippen MR) is 74.3 cm³/mol. The van der Waals surface area contributed by atoms with Gasteiger partial charge in [0.1, 0.15) is 5.75 Å². The smallest absolute Gasteiger partial charge is 0.165 e. The minimum atomic E-state index is 0.0337. The molecular formula is C15H22N2O2. The molecule has 0 atom stereocenters. The minimum Gasteiger partial charge on any atom is -0.489 e. The Balaban J connectivity index is 2.06. The number of aromatic nitrogens is 1. The van der Waals surface area contributed by atoms with E-state index < -0.39 is 0 Å². The van der Waals surface area contributed by atoms with Crippen LogP contribution in [0.4, 0.5) is 0 Å². The van der Waals surface area contributed by atoms with Gasteiger partial charge in [-0.25, -0.2) is 0 Å². The van der Waals surface area contributed by atoms with Gasteiger partial charge in [0, 0.05) is 18.2 Å². The second-order valence-electron chi connectivity index (χ2n) is 5.73. The molecule has 1 aliphatic carbocycles. The van der Waals surface area contributed by atoms with Crippen molar-refractivity contribution in [3.8, 4) is 5.75 Å². The van der Waals surface area contributed by atoms with Crippen LogP contribution in [0.3, 0.4) is 0 Å². The molecule has 0 aromatic carbocycles. The Hall–Kier alpha value is -1.42. The van der Waals surface area contributed by atoms with Crippen molar-refractivity contribution in [1.82, 2.24) is 4.98 Å². The van der Waals surface area contributed by atoms with Crippen molar-refractivity contribution in [2.45, 2.75) is 45.6 Å². The Morgan fingerprint density at radius 1 is 1.47 bits per heavy atom. The molecule has 0 unspecified atom stereocenters. The van der Waals surface area contributed by atoms with Gasteiger partial charge < -0.3 is 10.5 Å². The molecule has 19 heavy (non-hydrogen) atoms. The van der Waals surface area contributed by atoms with Crippen LogP contribution >= 0.6 is 0 Å². The Morgan fingerprint density at radius 2 is 2.21 bits per heavy atom. The topological polar surface area (TPSA) is 65.2 Å². The third-order valence-corrected chi connectivity index (χ3v) is 3.79. The SMILES string of the molecule is CC(C)Oc1cncc(C(=O)CC2(CN)CCC2)c1. The molecule has 1 saturated carbocycles. The van der Waals surface area contributed by atoms with E-state index in [4.69, 9.17) is 10.5 Å². The van der Waals surface area contributed by atoms with Gasteiger partial charge in [0.05, 0.1) is 12.3 Å². The van der Waals surface area contributed by atoms with E-state index in [-0.39, 0.29) is 17.3 Å². The maximum Gasteiger partial charge on any atom is 0.165 e. The number of carbonyl (C=O) groups excluding carboxylic acids is 1. The summed E-state index contributed by atoms with van der Waals surface area (Å²) in [6, 6.07) is 1.78. The first-order valence-electron chi connectivity index (χ1n) is 6.90. The molecule has 2 rings (SSSR count). The fourth-order valence-corrected chi connectivity index (χ4v) is 2.48. The molecule has 1 aromatic heterocycles. The molecule has 1 fully saturated rings. The van der Waals surface area contributed by atoms with Crippen molar-refractivity contribution in [2.75, 3.05) is 6.54 Å². The summed E-state index contributed by atoms with van der Waals surface area (Å²) < 4.78 is 5.56. The lowest BCUT2D eigenvalue weighted by Gasteiger charge is -2.40. The number of rotatable bonds is 6. The Bertz CT molecular complexity index is 448. The summed E-state index contributed by atoms with van der Waals surface area (Å²) >= 11 is 0. The molecule has 104 valence electrons. The van der Waals surface area contributed by atoms with Gasteiger partial charge in [-0.05, 0) is 44.7 Å². The van der Waals surface area contributed by atoms with Crippen LogP contribution in [0.1, 0.15) is 49.9 Å². The molecule has 0 spiro atoms. The molecule has 0 aliphatic heterocycles. The van der Waals surface area contributed by atoms with E-state index in [0.29, 0.717) is 24.3 Å². The number of ketones is 1. The number of hydrogen-bond acceptors (Lipinski definition) is 4. The molecule has 0 radical (unpaired) electrons. The van der Waals surface area contributed by atoms with Crippen LogP contribution < -0.4 is 10.5 Å². The highest BCUT2D eigenvalue weighted by atomic mass is 16.5. The zero-order chi connectivity index (χ0) is 13.9. The fourth-order valence-electron chi connectivity index (χ4n) is 2.48. The molecule has 4 nitrogen and oxygen atoms in total. The van der Waals surface area contributed by atoms with E-state index in [9.17, 15) is 4.79 Å². The van der Waals surface area contributed by atoms with E-state index in [1.165, 1.54) is 6.42 Å². The zero-order valence-electron chi connectivity index (χ0n) is 11.7. The quantitative estimate of drug-likeness (QED) is 0.800. The average molecular weight is 262 g/mol. The van der Waals surface area contributed by atoms with Gasteiger partial charge in [0.25, 0.3) is 0 Å². The normalized spacial score (nSPS) is 17.1. The van der Waals surface area contributed by atoms with Gasteiger partial charge in [-0.15, -0.1) is 0 Å². The Morgan fingerprint density at radius 3 is 2.74 bits per heavy atom. The van der Waals surface area contributed by atoms with Gasteiger partial charge in [0.2, 0.25) is 0 Å². The van der Waals surface area contributed by atoms with Crippen LogP contribution in [0.25, 0.3) is 0 Å². The first-order chi connectivity index (χ1) is 9.04. The highest BCUT2D eigenvalue weighted by Crippen LogP contribution is 2.43. The third-order valence-electron chi connectivity index (χ3n) is 3.79. The lowest BCUT2D eigenvalue weighted by atomic mass is 9.65. The number of nitrogens with zero attached hydrogens (tertiary/aromatic N) is 1. The lowest BCUT2D eigenvalue weighted by molar-refractivity contribution is 0.0785. The number of ether oxygens (including phenoxy) is 1. The summed E-state index contributed by atoms with van der Waals surface area (Å²) in [6.07, 6.45) is 7.15. The highest BCUT2D eigenvalue weighted by Gasteiger charge is 2.37. The molecule has 0 saturated heterocycles. The van der Waals surface area contributed by atoms with E-state index in [2.05, 4.69) is 4.98 Å². The van der Waals surface area contributed by atoms with Crippen molar-refractivity contribution < 1.29 is 9.53 Å². The molecule has 4 heteroatoms. The monoisotopic (exact) mass is 262 g/mol. The standard InChI is InChI=1S/C15H22N2O2/c1-11(2)19-13-6-12(8-17-9-13)14(18)7-15(10-16)4-3-5-15/h6,8-9,11H,3-5,7,10,16H2,1-2H3. The molecule has 0 amide bonds. The van der Waals surface area contributed by atoms with Crippen LogP contribution in [-0.2, 0) is 0 Å². The predicted octanol–water partition coefficient (Wildman–Crippen LogP) is 2.57. The third kappa shape index (κ3) is 3.32. The summed E-state index contributed by atoms with van der Waals surface area (Å²) in [5.74, 6) is 0.767. The molecular weight excluding hydrogens is 240 g/mol. The summed E-state index contributed by atoms with van der Waals surface area (Å²) in [7, 11) is 0. The first kappa shape index (κ1) is 14.0. The summed E-state index contributed by atoms with van der Waals surface area (Å²) in [5.41, 5.74) is 6.46. The molecule has 1 heterocycles. The van der Waals surface area contributed by atoms with Gasteiger partial charge in [-0.3, -0.25) is 9.78 Å². The van der Waals surface area contributed by atoms with Crippen molar-refractivity contribution in [3.63, 3.8) is 0 Å².